The van der Waals surface area contributed by atoms with Crippen LogP contribution in [-0.4, -0.2) is 28.1 Å². The van der Waals surface area contributed by atoms with Gasteiger partial charge in [0.1, 0.15) is 6.10 Å². The molecule has 4 saturated carbocycles. The van der Waals surface area contributed by atoms with Crippen LogP contribution < -0.4 is 5.63 Å². The number of carbonyl (C=O) groups is 1. The average molecular weight is 431 g/mol. The van der Waals surface area contributed by atoms with Crippen molar-refractivity contribution in [1.82, 2.24) is 0 Å². The number of hydrogen-bond donors (Lipinski definition) is 2. The lowest BCUT2D eigenvalue weighted by molar-refractivity contribution is -0.205. The average Bonchev–Trinajstić information content (AvgIpc) is 3.00. The van der Waals surface area contributed by atoms with Crippen LogP contribution in [0.2, 0.25) is 0 Å². The van der Waals surface area contributed by atoms with Crippen molar-refractivity contribution in [2.75, 3.05) is 0 Å². The second kappa shape index (κ2) is 7.09. The fraction of sp³-hybridized carbons (Fsp3) is 0.760. The van der Waals surface area contributed by atoms with Crippen LogP contribution in [0.25, 0.3) is 0 Å². The molecule has 0 aromatic carbocycles. The first-order valence-electron chi connectivity index (χ1n) is 11.9. The minimum atomic E-state index is -1.17. The van der Waals surface area contributed by atoms with Crippen LogP contribution in [0.1, 0.15) is 83.1 Å². The predicted octanol–water partition coefficient (Wildman–Crippen LogP) is 4.94. The summed E-state index contributed by atoms with van der Waals surface area (Å²) in [5.41, 5.74) is -0.0991. The molecule has 2 N–H and O–H groups in total. The van der Waals surface area contributed by atoms with E-state index >= 15 is 0 Å². The standard InChI is InChI=1S/C25H34O6/c1-23-10-7-17(31-22(27)28)13-16(23)4-5-20-19(23)8-11-24(2)18(9-12-25(20,24)29)15-3-6-21(26)30-14-15/h3,6,14,16-20,29H,4-5,7-13H2,1-2H3,(H,27,28)/t16-,17+,18-,19+,20-,23+,24-,25+/m1/s1. The number of hydrogen-bond acceptors (Lipinski definition) is 5. The molecule has 6 heteroatoms. The number of ether oxygens (including phenoxy) is 1. The zero-order valence-electron chi connectivity index (χ0n) is 18.5. The first-order chi connectivity index (χ1) is 14.7. The number of aliphatic hydroxyl groups is 1. The molecule has 6 nitrogen and oxygen atoms in total. The molecular weight excluding hydrogens is 396 g/mol. The first kappa shape index (κ1) is 21.0. The molecule has 4 fully saturated rings. The number of fused-ring (bicyclic) bond motifs is 5. The van der Waals surface area contributed by atoms with E-state index < -0.39 is 11.8 Å². The molecule has 0 unspecified atom stereocenters. The van der Waals surface area contributed by atoms with E-state index in [4.69, 9.17) is 14.3 Å². The minimum absolute atomic E-state index is 0.135. The molecular formula is C25H34O6. The maximum absolute atomic E-state index is 12.2. The van der Waals surface area contributed by atoms with E-state index in [1.165, 1.54) is 6.07 Å². The second-order valence-corrected chi connectivity index (χ2v) is 11.1. The Kier molecular flexibility index (Phi) is 4.82. The largest absolute Gasteiger partial charge is 0.506 e. The Hall–Kier alpha value is -1.82. The van der Waals surface area contributed by atoms with Crippen LogP contribution in [0.15, 0.2) is 27.6 Å². The summed E-state index contributed by atoms with van der Waals surface area (Å²) in [5, 5.41) is 21.3. The Labute approximate surface area is 183 Å². The summed E-state index contributed by atoms with van der Waals surface area (Å²) in [6.45, 7) is 4.63. The Morgan fingerprint density at radius 2 is 1.87 bits per heavy atom. The van der Waals surface area contributed by atoms with Crippen molar-refractivity contribution in [2.45, 2.75) is 89.3 Å². The third-order valence-electron chi connectivity index (χ3n) is 10.2. The Morgan fingerprint density at radius 3 is 2.58 bits per heavy atom. The molecule has 0 radical (unpaired) electrons. The molecule has 0 bridgehead atoms. The van der Waals surface area contributed by atoms with Gasteiger partial charge in [-0.15, -0.1) is 0 Å². The third-order valence-corrected chi connectivity index (χ3v) is 10.2. The highest BCUT2D eigenvalue weighted by Crippen LogP contribution is 2.70. The molecule has 31 heavy (non-hydrogen) atoms. The van der Waals surface area contributed by atoms with Crippen molar-refractivity contribution in [3.8, 4) is 0 Å². The highest BCUT2D eigenvalue weighted by Gasteiger charge is 2.67. The van der Waals surface area contributed by atoms with Gasteiger partial charge >= 0.3 is 11.8 Å². The van der Waals surface area contributed by atoms with Crippen molar-refractivity contribution in [3.05, 3.63) is 34.4 Å². The lowest BCUT2D eigenvalue weighted by atomic mass is 9.43. The smallest absolute Gasteiger partial charge is 0.450 e. The predicted molar refractivity (Wildman–Crippen MR) is 114 cm³/mol. The molecule has 4 aliphatic rings. The molecule has 0 amide bonds. The van der Waals surface area contributed by atoms with Gasteiger partial charge in [0, 0.05) is 11.5 Å². The van der Waals surface area contributed by atoms with E-state index in [9.17, 15) is 14.7 Å². The maximum Gasteiger partial charge on any atom is 0.506 e. The van der Waals surface area contributed by atoms with Gasteiger partial charge in [0.15, 0.2) is 0 Å². The Morgan fingerprint density at radius 1 is 1.06 bits per heavy atom. The first-order valence-corrected chi connectivity index (χ1v) is 11.9. The SMILES string of the molecule is C[C@]12CC[C@H](OC(=O)O)C[C@H]1CC[C@@H]1[C@@H]2CC[C@]2(C)[C@@H](c3ccc(=O)oc3)CC[C@]12O. The quantitative estimate of drug-likeness (QED) is 0.645. The summed E-state index contributed by atoms with van der Waals surface area (Å²) in [5.74, 6) is 1.39. The van der Waals surface area contributed by atoms with Gasteiger partial charge in [0.05, 0.1) is 11.9 Å². The normalized spacial score (nSPS) is 46.5. The van der Waals surface area contributed by atoms with Crippen LogP contribution in [0.3, 0.4) is 0 Å². The molecule has 0 spiro atoms. The van der Waals surface area contributed by atoms with Crippen molar-refractivity contribution in [2.24, 2.45) is 28.6 Å². The fourth-order valence-corrected chi connectivity index (χ4v) is 8.54. The topological polar surface area (TPSA) is 97.0 Å². The zero-order chi connectivity index (χ0) is 22.0. The summed E-state index contributed by atoms with van der Waals surface area (Å²) >= 11 is 0. The van der Waals surface area contributed by atoms with Crippen molar-refractivity contribution in [1.29, 1.82) is 0 Å². The highest BCUT2D eigenvalue weighted by atomic mass is 16.7. The summed E-state index contributed by atoms with van der Waals surface area (Å²) in [6.07, 6.45) is 8.59. The van der Waals surface area contributed by atoms with Crippen molar-refractivity contribution in [3.63, 3.8) is 0 Å². The Bertz CT molecular complexity index is 904. The highest BCUT2D eigenvalue weighted by molar-refractivity contribution is 5.57. The van der Waals surface area contributed by atoms with Gasteiger partial charge in [0.2, 0.25) is 0 Å². The molecule has 5 rings (SSSR count). The van der Waals surface area contributed by atoms with Gasteiger partial charge in [-0.1, -0.05) is 13.8 Å². The maximum atomic E-state index is 12.2. The van der Waals surface area contributed by atoms with Crippen LogP contribution >= 0.6 is 0 Å². The zero-order valence-corrected chi connectivity index (χ0v) is 18.5. The van der Waals surface area contributed by atoms with Gasteiger partial charge < -0.3 is 19.4 Å². The molecule has 1 aromatic heterocycles. The molecule has 0 aliphatic heterocycles. The summed E-state index contributed by atoms with van der Waals surface area (Å²) < 4.78 is 10.3. The Balaban J connectivity index is 1.41. The van der Waals surface area contributed by atoms with Gasteiger partial charge in [-0.3, -0.25) is 0 Å². The molecule has 4 aliphatic carbocycles. The van der Waals surface area contributed by atoms with Gasteiger partial charge in [-0.25, -0.2) is 9.59 Å². The summed E-state index contributed by atoms with van der Waals surface area (Å²) in [7, 11) is 0. The minimum Gasteiger partial charge on any atom is -0.450 e. The molecule has 0 saturated heterocycles. The molecule has 170 valence electrons. The van der Waals surface area contributed by atoms with E-state index in [1.807, 2.05) is 6.07 Å². The monoisotopic (exact) mass is 430 g/mol. The number of carboxylic acid groups (broad SMARTS) is 1. The molecule has 1 aromatic rings. The van der Waals surface area contributed by atoms with Crippen molar-refractivity contribution >= 4 is 6.16 Å². The lowest BCUT2D eigenvalue weighted by Crippen LogP contribution is -2.62. The van der Waals surface area contributed by atoms with Crippen LogP contribution in [0.4, 0.5) is 4.79 Å². The molecule has 1 heterocycles. The van der Waals surface area contributed by atoms with E-state index in [0.29, 0.717) is 11.8 Å². The second-order valence-electron chi connectivity index (χ2n) is 11.1. The lowest BCUT2D eigenvalue weighted by Gasteiger charge is -2.63. The van der Waals surface area contributed by atoms with Gasteiger partial charge in [-0.2, -0.15) is 0 Å². The summed E-state index contributed by atoms with van der Waals surface area (Å²) in [6, 6.07) is 3.37. The fourth-order valence-electron chi connectivity index (χ4n) is 8.54. The van der Waals surface area contributed by atoms with Crippen LogP contribution in [0.5, 0.6) is 0 Å². The van der Waals surface area contributed by atoms with Crippen LogP contribution in [-0.2, 0) is 4.74 Å². The van der Waals surface area contributed by atoms with E-state index in [0.717, 1.165) is 63.4 Å². The van der Waals surface area contributed by atoms with Gasteiger partial charge in [-0.05, 0) is 98.5 Å². The van der Waals surface area contributed by atoms with Crippen molar-refractivity contribution < 1.29 is 24.2 Å². The third kappa shape index (κ3) is 3.00. The summed E-state index contributed by atoms with van der Waals surface area (Å²) in [4.78, 5) is 22.5. The van der Waals surface area contributed by atoms with Crippen LogP contribution in [0, 0.1) is 28.6 Å². The molecule has 8 atom stereocenters. The van der Waals surface area contributed by atoms with Gasteiger partial charge in [0.25, 0.3) is 0 Å². The number of rotatable bonds is 2. The van der Waals surface area contributed by atoms with E-state index in [2.05, 4.69) is 13.8 Å². The van der Waals surface area contributed by atoms with E-state index in [1.54, 1.807) is 6.26 Å². The van der Waals surface area contributed by atoms with E-state index in [-0.39, 0.29) is 34.4 Å².